The summed E-state index contributed by atoms with van der Waals surface area (Å²) in [7, 11) is 0. The number of fused-ring (bicyclic) bond motifs is 1. The van der Waals surface area contributed by atoms with E-state index in [1.54, 1.807) is 11.3 Å². The average Bonchev–Trinajstić information content (AvgIpc) is 3.14. The van der Waals surface area contributed by atoms with Crippen LogP contribution < -0.4 is 9.64 Å². The minimum atomic E-state index is 0.621. The number of rotatable bonds is 4. The van der Waals surface area contributed by atoms with E-state index in [4.69, 9.17) is 9.72 Å². The molecular weight excluding hydrogens is 324 g/mol. The number of anilines is 1. The molecule has 0 saturated carbocycles. The van der Waals surface area contributed by atoms with Gasteiger partial charge in [-0.25, -0.2) is 4.98 Å². The van der Waals surface area contributed by atoms with Crippen LogP contribution in [0.25, 0.3) is 9.53 Å². The second-order valence-electron chi connectivity index (χ2n) is 6.03. The summed E-state index contributed by atoms with van der Waals surface area (Å²) in [6, 6.07) is 10.4. The topological polar surface area (TPSA) is 25.4 Å². The SMILES string of the molecule is Cc1ccc(OCc2cc3sc(N4CCCCC4)nc3s2)cc1. The third-order valence-electron chi connectivity index (χ3n) is 4.16. The van der Waals surface area contributed by atoms with Crippen LogP contribution in [-0.2, 0) is 6.61 Å². The summed E-state index contributed by atoms with van der Waals surface area (Å²) in [5.74, 6) is 0.925. The molecule has 0 atom stereocenters. The van der Waals surface area contributed by atoms with E-state index in [0.717, 1.165) is 23.7 Å². The lowest BCUT2D eigenvalue weighted by atomic mass is 10.1. The lowest BCUT2D eigenvalue weighted by Crippen LogP contribution is -2.29. The molecule has 1 fully saturated rings. The van der Waals surface area contributed by atoms with E-state index in [2.05, 4.69) is 30.0 Å². The fraction of sp³-hybridized carbons (Fsp3) is 0.389. The van der Waals surface area contributed by atoms with E-state index in [9.17, 15) is 0 Å². The molecule has 3 heterocycles. The van der Waals surface area contributed by atoms with Gasteiger partial charge in [-0.2, -0.15) is 0 Å². The van der Waals surface area contributed by atoms with Crippen molar-refractivity contribution >= 4 is 37.3 Å². The van der Waals surface area contributed by atoms with Gasteiger partial charge in [-0.15, -0.1) is 11.3 Å². The van der Waals surface area contributed by atoms with Crippen LogP contribution >= 0.6 is 22.7 Å². The van der Waals surface area contributed by atoms with Gasteiger partial charge >= 0.3 is 0 Å². The first-order valence-corrected chi connectivity index (χ1v) is 9.75. The van der Waals surface area contributed by atoms with E-state index >= 15 is 0 Å². The second kappa shape index (κ2) is 6.49. The molecule has 0 unspecified atom stereocenters. The summed E-state index contributed by atoms with van der Waals surface area (Å²) in [4.78, 5) is 9.66. The highest BCUT2D eigenvalue weighted by molar-refractivity contribution is 7.29. The number of nitrogens with zero attached hydrogens (tertiary/aromatic N) is 2. The van der Waals surface area contributed by atoms with E-state index < -0.39 is 0 Å². The fourth-order valence-electron chi connectivity index (χ4n) is 2.85. The molecular formula is C18H20N2OS2. The smallest absolute Gasteiger partial charge is 0.187 e. The Morgan fingerprint density at radius 3 is 2.61 bits per heavy atom. The van der Waals surface area contributed by atoms with Crippen LogP contribution in [0.3, 0.4) is 0 Å². The molecule has 120 valence electrons. The lowest BCUT2D eigenvalue weighted by Gasteiger charge is -2.25. The molecule has 0 spiro atoms. The van der Waals surface area contributed by atoms with Crippen molar-refractivity contribution in [1.29, 1.82) is 0 Å². The minimum Gasteiger partial charge on any atom is -0.488 e. The van der Waals surface area contributed by atoms with Gasteiger partial charge in [0.1, 0.15) is 17.2 Å². The molecule has 4 rings (SSSR count). The van der Waals surface area contributed by atoms with E-state index in [1.807, 2.05) is 23.5 Å². The van der Waals surface area contributed by atoms with Crippen molar-refractivity contribution < 1.29 is 4.74 Å². The molecule has 3 aromatic rings. The van der Waals surface area contributed by atoms with Crippen LogP contribution in [0.4, 0.5) is 5.13 Å². The van der Waals surface area contributed by atoms with Gasteiger partial charge in [0, 0.05) is 18.0 Å². The van der Waals surface area contributed by atoms with Crippen LogP contribution in [0.2, 0.25) is 0 Å². The maximum absolute atomic E-state index is 5.87. The van der Waals surface area contributed by atoms with Crippen molar-refractivity contribution in [1.82, 2.24) is 4.98 Å². The van der Waals surface area contributed by atoms with Gasteiger partial charge in [-0.3, -0.25) is 0 Å². The van der Waals surface area contributed by atoms with E-state index in [0.29, 0.717) is 6.61 Å². The van der Waals surface area contributed by atoms with Crippen molar-refractivity contribution in [2.45, 2.75) is 32.8 Å². The number of hydrogen-bond acceptors (Lipinski definition) is 5. The lowest BCUT2D eigenvalue weighted by molar-refractivity contribution is 0.310. The van der Waals surface area contributed by atoms with Crippen LogP contribution in [0, 0.1) is 6.92 Å². The maximum Gasteiger partial charge on any atom is 0.187 e. The molecule has 2 aromatic heterocycles. The van der Waals surface area contributed by atoms with Crippen molar-refractivity contribution in [2.24, 2.45) is 0 Å². The Bertz CT molecular complexity index is 754. The third kappa shape index (κ3) is 3.35. The Hall–Kier alpha value is -1.59. The van der Waals surface area contributed by atoms with Gasteiger partial charge in [-0.05, 0) is 44.4 Å². The summed E-state index contributed by atoms with van der Waals surface area (Å²) in [6.07, 6.45) is 3.95. The summed E-state index contributed by atoms with van der Waals surface area (Å²) in [5, 5.41) is 1.19. The third-order valence-corrected chi connectivity index (χ3v) is 6.35. The van der Waals surface area contributed by atoms with Gasteiger partial charge in [0.15, 0.2) is 5.13 Å². The van der Waals surface area contributed by atoms with Crippen molar-refractivity contribution in [3.8, 4) is 5.75 Å². The molecule has 0 aliphatic carbocycles. The van der Waals surface area contributed by atoms with Gasteiger partial charge < -0.3 is 9.64 Å². The Morgan fingerprint density at radius 1 is 1.09 bits per heavy atom. The number of aryl methyl sites for hydroxylation is 1. The quantitative estimate of drug-likeness (QED) is 0.647. The molecule has 23 heavy (non-hydrogen) atoms. The molecule has 1 aliphatic heterocycles. The number of thiophene rings is 1. The zero-order valence-corrected chi connectivity index (χ0v) is 14.9. The van der Waals surface area contributed by atoms with E-state index in [-0.39, 0.29) is 0 Å². The highest BCUT2D eigenvalue weighted by Gasteiger charge is 2.16. The Labute approximate surface area is 144 Å². The first-order valence-electron chi connectivity index (χ1n) is 8.11. The van der Waals surface area contributed by atoms with Crippen molar-refractivity contribution in [3.63, 3.8) is 0 Å². The van der Waals surface area contributed by atoms with Crippen LogP contribution in [0.15, 0.2) is 30.3 Å². The summed E-state index contributed by atoms with van der Waals surface area (Å²) < 4.78 is 7.16. The molecule has 1 saturated heterocycles. The molecule has 0 radical (unpaired) electrons. The van der Waals surface area contributed by atoms with Crippen molar-refractivity contribution in [3.05, 3.63) is 40.8 Å². The van der Waals surface area contributed by atoms with Crippen LogP contribution in [0.5, 0.6) is 5.75 Å². The van der Waals surface area contributed by atoms with Crippen LogP contribution in [-0.4, -0.2) is 18.1 Å². The normalized spacial score (nSPS) is 15.3. The fourth-order valence-corrected chi connectivity index (χ4v) is 5.05. The van der Waals surface area contributed by atoms with Crippen molar-refractivity contribution in [2.75, 3.05) is 18.0 Å². The minimum absolute atomic E-state index is 0.621. The molecule has 1 aliphatic rings. The molecule has 1 aromatic carbocycles. The predicted molar refractivity (Wildman–Crippen MR) is 99.1 cm³/mol. The number of thiazole rings is 1. The zero-order chi connectivity index (χ0) is 15.6. The standard InChI is InChI=1S/C18H20N2OS2/c1-13-5-7-14(8-6-13)21-12-15-11-16-17(22-15)19-18(23-16)20-9-3-2-4-10-20/h5-8,11H,2-4,9-10,12H2,1H3. The Morgan fingerprint density at radius 2 is 1.87 bits per heavy atom. The summed E-state index contributed by atoms with van der Waals surface area (Å²) >= 11 is 3.57. The Kier molecular flexibility index (Phi) is 4.23. The van der Waals surface area contributed by atoms with Gasteiger partial charge in [0.05, 0.1) is 4.70 Å². The molecule has 0 amide bonds. The average molecular weight is 345 g/mol. The zero-order valence-electron chi connectivity index (χ0n) is 13.2. The number of aromatic nitrogens is 1. The van der Waals surface area contributed by atoms with Crippen LogP contribution in [0.1, 0.15) is 29.7 Å². The maximum atomic E-state index is 5.87. The molecule has 0 N–H and O–H groups in total. The number of ether oxygens (including phenoxy) is 1. The molecule has 0 bridgehead atoms. The second-order valence-corrected chi connectivity index (χ2v) is 8.15. The summed E-state index contributed by atoms with van der Waals surface area (Å²) in [6.45, 7) is 5.02. The first-order chi connectivity index (χ1) is 11.3. The van der Waals surface area contributed by atoms with Gasteiger partial charge in [0.25, 0.3) is 0 Å². The van der Waals surface area contributed by atoms with Gasteiger partial charge in [0.2, 0.25) is 0 Å². The Balaban J connectivity index is 1.44. The predicted octanol–water partition coefficient (Wildman–Crippen LogP) is 5.24. The monoisotopic (exact) mass is 344 g/mol. The highest BCUT2D eigenvalue weighted by Crippen LogP contribution is 2.35. The first kappa shape index (κ1) is 15.0. The number of benzene rings is 1. The van der Waals surface area contributed by atoms with E-state index in [1.165, 1.54) is 39.5 Å². The summed E-state index contributed by atoms with van der Waals surface area (Å²) in [5.41, 5.74) is 1.25. The van der Waals surface area contributed by atoms with Gasteiger partial charge in [-0.1, -0.05) is 29.0 Å². The molecule has 5 heteroatoms. The largest absolute Gasteiger partial charge is 0.488 e. The highest BCUT2D eigenvalue weighted by atomic mass is 32.1. The number of piperidine rings is 1. The molecule has 3 nitrogen and oxygen atoms in total. The number of hydrogen-bond donors (Lipinski definition) is 0.